The predicted molar refractivity (Wildman–Crippen MR) is 76.1 cm³/mol. The monoisotopic (exact) mass is 256 g/mol. The Balaban J connectivity index is 2.28. The number of rotatable bonds is 1. The van der Waals surface area contributed by atoms with E-state index in [0.717, 1.165) is 32.9 Å². The molecule has 1 aromatic heterocycles. The van der Waals surface area contributed by atoms with Gasteiger partial charge in [0.2, 0.25) is 0 Å². The minimum absolute atomic E-state index is 0.750. The molecule has 0 N–H and O–H groups in total. The van der Waals surface area contributed by atoms with Crippen LogP contribution in [0.3, 0.4) is 0 Å². The highest BCUT2D eigenvalue weighted by molar-refractivity contribution is 6.30. The van der Waals surface area contributed by atoms with Gasteiger partial charge in [-0.3, -0.25) is 0 Å². The van der Waals surface area contributed by atoms with Crippen molar-refractivity contribution in [3.8, 4) is 11.1 Å². The lowest BCUT2D eigenvalue weighted by Crippen LogP contribution is -1.78. The van der Waals surface area contributed by atoms with Crippen molar-refractivity contribution >= 4 is 22.6 Å². The van der Waals surface area contributed by atoms with Crippen LogP contribution in [-0.2, 0) is 0 Å². The molecule has 0 fully saturated rings. The Morgan fingerprint density at radius 1 is 0.944 bits per heavy atom. The summed E-state index contributed by atoms with van der Waals surface area (Å²) in [5, 5.41) is 1.90. The molecule has 0 saturated heterocycles. The highest BCUT2D eigenvalue weighted by Gasteiger charge is 2.12. The molecule has 1 nitrogen and oxygen atoms in total. The standard InChI is InChI=1S/C16H13ClO/c1-10-3-8-14-15(9-10)18-11(2)16(14)12-4-6-13(17)7-5-12/h3-9H,1-2H3. The van der Waals surface area contributed by atoms with E-state index in [-0.39, 0.29) is 0 Å². The van der Waals surface area contributed by atoms with E-state index in [4.69, 9.17) is 16.0 Å². The van der Waals surface area contributed by atoms with Gasteiger partial charge in [0.05, 0.1) is 0 Å². The van der Waals surface area contributed by atoms with Crippen molar-refractivity contribution in [1.82, 2.24) is 0 Å². The average Bonchev–Trinajstić information content (AvgIpc) is 2.65. The molecule has 3 rings (SSSR count). The van der Waals surface area contributed by atoms with Crippen molar-refractivity contribution in [3.05, 3.63) is 58.8 Å². The van der Waals surface area contributed by atoms with E-state index in [1.165, 1.54) is 5.56 Å². The zero-order valence-corrected chi connectivity index (χ0v) is 11.1. The largest absolute Gasteiger partial charge is 0.461 e. The van der Waals surface area contributed by atoms with Gasteiger partial charge < -0.3 is 4.42 Å². The first-order chi connectivity index (χ1) is 8.65. The first kappa shape index (κ1) is 11.4. The number of aryl methyl sites for hydroxylation is 2. The molecular formula is C16H13ClO. The molecular weight excluding hydrogens is 244 g/mol. The van der Waals surface area contributed by atoms with Crippen LogP contribution in [0.4, 0.5) is 0 Å². The molecule has 0 spiro atoms. The number of fused-ring (bicyclic) bond motifs is 1. The van der Waals surface area contributed by atoms with Crippen LogP contribution in [0, 0.1) is 13.8 Å². The van der Waals surface area contributed by atoms with Crippen LogP contribution in [-0.4, -0.2) is 0 Å². The normalized spacial score (nSPS) is 11.1. The van der Waals surface area contributed by atoms with Crippen molar-refractivity contribution in [2.24, 2.45) is 0 Å². The summed E-state index contributed by atoms with van der Waals surface area (Å²) in [5.74, 6) is 0.943. The highest BCUT2D eigenvalue weighted by Crippen LogP contribution is 2.35. The summed E-state index contributed by atoms with van der Waals surface area (Å²) in [6, 6.07) is 14.2. The van der Waals surface area contributed by atoms with Crippen LogP contribution in [0.15, 0.2) is 46.9 Å². The Morgan fingerprint density at radius 3 is 2.39 bits per heavy atom. The lowest BCUT2D eigenvalue weighted by molar-refractivity contribution is 0.580. The van der Waals surface area contributed by atoms with Gasteiger partial charge in [0.15, 0.2) is 0 Å². The summed E-state index contributed by atoms with van der Waals surface area (Å²) in [5.41, 5.74) is 4.44. The van der Waals surface area contributed by atoms with Crippen LogP contribution in [0.25, 0.3) is 22.1 Å². The van der Waals surface area contributed by atoms with E-state index in [9.17, 15) is 0 Å². The summed E-state index contributed by atoms with van der Waals surface area (Å²) in [4.78, 5) is 0. The third-order valence-electron chi connectivity index (χ3n) is 3.15. The van der Waals surface area contributed by atoms with E-state index in [1.807, 2.05) is 31.2 Å². The Kier molecular flexibility index (Phi) is 2.64. The van der Waals surface area contributed by atoms with Crippen molar-refractivity contribution < 1.29 is 4.42 Å². The second-order valence-electron chi connectivity index (χ2n) is 4.54. The maximum Gasteiger partial charge on any atom is 0.135 e. The number of hydrogen-bond acceptors (Lipinski definition) is 1. The van der Waals surface area contributed by atoms with Crippen LogP contribution in [0.2, 0.25) is 5.02 Å². The Morgan fingerprint density at radius 2 is 1.67 bits per heavy atom. The average molecular weight is 257 g/mol. The summed E-state index contributed by atoms with van der Waals surface area (Å²) >= 11 is 5.93. The molecule has 3 aromatic rings. The van der Waals surface area contributed by atoms with E-state index in [2.05, 4.69) is 25.1 Å². The van der Waals surface area contributed by atoms with E-state index >= 15 is 0 Å². The third kappa shape index (κ3) is 1.81. The molecule has 0 radical (unpaired) electrons. The van der Waals surface area contributed by atoms with Gasteiger partial charge in [0.1, 0.15) is 11.3 Å². The zero-order chi connectivity index (χ0) is 12.7. The van der Waals surface area contributed by atoms with Gasteiger partial charge in [-0.2, -0.15) is 0 Å². The molecule has 0 saturated carbocycles. The van der Waals surface area contributed by atoms with Gasteiger partial charge >= 0.3 is 0 Å². The van der Waals surface area contributed by atoms with Gasteiger partial charge in [-0.25, -0.2) is 0 Å². The molecule has 90 valence electrons. The first-order valence-electron chi connectivity index (χ1n) is 5.91. The summed E-state index contributed by atoms with van der Waals surface area (Å²) < 4.78 is 5.83. The Bertz CT molecular complexity index is 708. The number of halogens is 1. The van der Waals surface area contributed by atoms with Gasteiger partial charge in [-0.05, 0) is 43.2 Å². The highest BCUT2D eigenvalue weighted by atomic mass is 35.5. The number of hydrogen-bond donors (Lipinski definition) is 0. The third-order valence-corrected chi connectivity index (χ3v) is 3.41. The minimum atomic E-state index is 0.750. The lowest BCUT2D eigenvalue weighted by Gasteiger charge is -2.01. The second-order valence-corrected chi connectivity index (χ2v) is 4.98. The molecule has 0 unspecified atom stereocenters. The molecule has 0 atom stereocenters. The maximum atomic E-state index is 5.93. The van der Waals surface area contributed by atoms with Crippen molar-refractivity contribution in [3.63, 3.8) is 0 Å². The Labute approximate surface area is 111 Å². The summed E-state index contributed by atoms with van der Waals surface area (Å²) in [6.45, 7) is 4.07. The van der Waals surface area contributed by atoms with Crippen LogP contribution >= 0.6 is 11.6 Å². The van der Waals surface area contributed by atoms with Crippen LogP contribution in [0.5, 0.6) is 0 Å². The van der Waals surface area contributed by atoms with Crippen molar-refractivity contribution in [2.75, 3.05) is 0 Å². The number of furan rings is 1. The molecule has 1 heterocycles. The lowest BCUT2D eigenvalue weighted by atomic mass is 10.0. The summed E-state index contributed by atoms with van der Waals surface area (Å²) in [6.07, 6.45) is 0. The molecule has 0 aliphatic carbocycles. The molecule has 0 aliphatic rings. The molecule has 18 heavy (non-hydrogen) atoms. The fraction of sp³-hybridized carbons (Fsp3) is 0.125. The molecule has 0 aliphatic heterocycles. The van der Waals surface area contributed by atoms with E-state index in [0.29, 0.717) is 0 Å². The van der Waals surface area contributed by atoms with E-state index < -0.39 is 0 Å². The maximum absolute atomic E-state index is 5.93. The summed E-state index contributed by atoms with van der Waals surface area (Å²) in [7, 11) is 0. The fourth-order valence-electron chi connectivity index (χ4n) is 2.30. The smallest absolute Gasteiger partial charge is 0.135 e. The van der Waals surface area contributed by atoms with Gasteiger partial charge in [0, 0.05) is 16.0 Å². The quantitative estimate of drug-likeness (QED) is 0.570. The first-order valence-corrected chi connectivity index (χ1v) is 6.28. The van der Waals surface area contributed by atoms with Crippen LogP contribution in [0.1, 0.15) is 11.3 Å². The molecule has 2 aromatic carbocycles. The molecule has 2 heteroatoms. The van der Waals surface area contributed by atoms with Crippen molar-refractivity contribution in [2.45, 2.75) is 13.8 Å². The minimum Gasteiger partial charge on any atom is -0.461 e. The van der Waals surface area contributed by atoms with Crippen molar-refractivity contribution in [1.29, 1.82) is 0 Å². The van der Waals surface area contributed by atoms with Crippen LogP contribution < -0.4 is 0 Å². The molecule has 0 amide bonds. The molecule has 0 bridgehead atoms. The zero-order valence-electron chi connectivity index (χ0n) is 10.3. The second kappa shape index (κ2) is 4.18. The van der Waals surface area contributed by atoms with Gasteiger partial charge in [-0.15, -0.1) is 0 Å². The SMILES string of the molecule is Cc1ccc2c(-c3ccc(Cl)cc3)c(C)oc2c1. The topological polar surface area (TPSA) is 13.1 Å². The van der Waals surface area contributed by atoms with Gasteiger partial charge in [0.25, 0.3) is 0 Å². The Hall–Kier alpha value is -1.73. The predicted octanol–water partition coefficient (Wildman–Crippen LogP) is 5.37. The fourth-order valence-corrected chi connectivity index (χ4v) is 2.43. The van der Waals surface area contributed by atoms with Gasteiger partial charge in [-0.1, -0.05) is 35.9 Å². The van der Waals surface area contributed by atoms with E-state index in [1.54, 1.807) is 0 Å². The number of benzene rings is 2.